The summed E-state index contributed by atoms with van der Waals surface area (Å²) in [6.07, 6.45) is 1.66. The lowest BCUT2D eigenvalue weighted by molar-refractivity contribution is -0.129. The van der Waals surface area contributed by atoms with Gasteiger partial charge in [-0.05, 0) is 42.8 Å². The van der Waals surface area contributed by atoms with E-state index in [4.69, 9.17) is 16.3 Å². The van der Waals surface area contributed by atoms with E-state index in [0.29, 0.717) is 10.9 Å². The van der Waals surface area contributed by atoms with Gasteiger partial charge in [0.25, 0.3) is 0 Å². The van der Waals surface area contributed by atoms with Crippen molar-refractivity contribution in [2.24, 2.45) is 4.99 Å². The fourth-order valence-corrected chi connectivity index (χ4v) is 2.26. The first-order valence-electron chi connectivity index (χ1n) is 6.47. The maximum atomic E-state index is 11.9. The van der Waals surface area contributed by atoms with E-state index in [-0.39, 0.29) is 5.70 Å². The van der Waals surface area contributed by atoms with Crippen molar-refractivity contribution in [2.45, 2.75) is 6.92 Å². The van der Waals surface area contributed by atoms with E-state index in [9.17, 15) is 4.79 Å². The van der Waals surface area contributed by atoms with Crippen LogP contribution in [0.2, 0.25) is 5.02 Å². The molecule has 1 heterocycles. The minimum atomic E-state index is -0.452. The van der Waals surface area contributed by atoms with Crippen molar-refractivity contribution in [1.29, 1.82) is 0 Å². The van der Waals surface area contributed by atoms with Gasteiger partial charge in [0, 0.05) is 10.6 Å². The number of aryl methyl sites for hydroxylation is 1. The molecule has 4 heteroatoms. The van der Waals surface area contributed by atoms with Crippen LogP contribution >= 0.6 is 11.6 Å². The van der Waals surface area contributed by atoms with Crippen LogP contribution < -0.4 is 0 Å². The molecule has 2 aromatic carbocycles. The number of halogens is 1. The van der Waals surface area contributed by atoms with E-state index in [0.717, 1.165) is 16.7 Å². The topological polar surface area (TPSA) is 38.7 Å². The molecule has 0 amide bonds. The van der Waals surface area contributed by atoms with E-state index in [2.05, 4.69) is 4.99 Å². The van der Waals surface area contributed by atoms with Crippen LogP contribution in [-0.2, 0) is 9.53 Å². The molecule has 0 N–H and O–H groups in total. The number of carbonyl (C=O) groups is 1. The summed E-state index contributed by atoms with van der Waals surface area (Å²) in [5.74, 6) is -0.122. The molecular formula is C17H12ClNO2. The molecule has 0 atom stereocenters. The Balaban J connectivity index is 1.95. The van der Waals surface area contributed by atoms with E-state index in [1.54, 1.807) is 18.2 Å². The highest BCUT2D eigenvalue weighted by atomic mass is 35.5. The lowest BCUT2D eigenvalue weighted by atomic mass is 10.1. The first kappa shape index (κ1) is 13.6. The number of ether oxygens (including phenoxy) is 1. The third-order valence-corrected chi connectivity index (χ3v) is 3.27. The normalized spacial score (nSPS) is 16.0. The molecule has 0 bridgehead atoms. The number of benzene rings is 2. The Kier molecular flexibility index (Phi) is 3.59. The maximum Gasteiger partial charge on any atom is 0.363 e. The second-order valence-corrected chi connectivity index (χ2v) is 5.20. The Labute approximate surface area is 127 Å². The quantitative estimate of drug-likeness (QED) is 0.621. The lowest BCUT2D eigenvalue weighted by Gasteiger charge is -1.99. The first-order valence-corrected chi connectivity index (χ1v) is 6.85. The molecule has 0 radical (unpaired) electrons. The summed E-state index contributed by atoms with van der Waals surface area (Å²) >= 11 is 5.93. The Morgan fingerprint density at radius 2 is 1.95 bits per heavy atom. The molecule has 104 valence electrons. The van der Waals surface area contributed by atoms with Crippen molar-refractivity contribution in [3.05, 3.63) is 75.9 Å². The Hall–Kier alpha value is -2.39. The second kappa shape index (κ2) is 5.54. The monoisotopic (exact) mass is 297 g/mol. The minimum Gasteiger partial charge on any atom is -0.402 e. The van der Waals surface area contributed by atoms with Crippen LogP contribution in [0.1, 0.15) is 16.7 Å². The van der Waals surface area contributed by atoms with Gasteiger partial charge < -0.3 is 4.74 Å². The third-order valence-electron chi connectivity index (χ3n) is 3.04. The predicted octanol–water partition coefficient (Wildman–Crippen LogP) is 3.99. The van der Waals surface area contributed by atoms with Crippen molar-refractivity contribution in [3.63, 3.8) is 0 Å². The van der Waals surface area contributed by atoms with Gasteiger partial charge >= 0.3 is 5.97 Å². The SMILES string of the molecule is Cc1cccc(C2=N/C(=C/c3cccc(Cl)c3)C(=O)O2)c1. The molecule has 3 nitrogen and oxygen atoms in total. The maximum absolute atomic E-state index is 11.9. The smallest absolute Gasteiger partial charge is 0.363 e. The molecule has 0 saturated carbocycles. The predicted molar refractivity (Wildman–Crippen MR) is 83.2 cm³/mol. The Morgan fingerprint density at radius 3 is 2.71 bits per heavy atom. The van der Waals surface area contributed by atoms with E-state index >= 15 is 0 Å². The number of carbonyl (C=O) groups excluding carboxylic acids is 1. The Bertz CT molecular complexity index is 778. The fourth-order valence-electron chi connectivity index (χ4n) is 2.06. The summed E-state index contributed by atoms with van der Waals surface area (Å²) < 4.78 is 5.23. The number of hydrogen-bond donors (Lipinski definition) is 0. The number of aliphatic imine (C=N–C) groups is 1. The molecule has 0 fully saturated rings. The zero-order valence-corrected chi connectivity index (χ0v) is 12.1. The molecule has 2 aromatic rings. The molecule has 0 unspecified atom stereocenters. The van der Waals surface area contributed by atoms with Gasteiger partial charge in [-0.1, -0.05) is 41.4 Å². The van der Waals surface area contributed by atoms with Gasteiger partial charge in [-0.25, -0.2) is 9.79 Å². The molecule has 3 rings (SSSR count). The van der Waals surface area contributed by atoms with Gasteiger partial charge in [0.2, 0.25) is 5.90 Å². The summed E-state index contributed by atoms with van der Waals surface area (Å²) in [7, 11) is 0. The highest BCUT2D eigenvalue weighted by molar-refractivity contribution is 6.30. The number of cyclic esters (lactones) is 1. The van der Waals surface area contributed by atoms with E-state index < -0.39 is 5.97 Å². The van der Waals surface area contributed by atoms with Crippen LogP contribution in [0.3, 0.4) is 0 Å². The molecule has 0 aromatic heterocycles. The van der Waals surface area contributed by atoms with Crippen molar-refractivity contribution < 1.29 is 9.53 Å². The van der Waals surface area contributed by atoms with Gasteiger partial charge in [0.1, 0.15) is 0 Å². The number of nitrogens with zero attached hydrogens (tertiary/aromatic N) is 1. The van der Waals surface area contributed by atoms with Gasteiger partial charge in [-0.2, -0.15) is 0 Å². The van der Waals surface area contributed by atoms with Gasteiger partial charge in [0.05, 0.1) is 0 Å². The molecule has 0 spiro atoms. The van der Waals surface area contributed by atoms with Crippen LogP contribution in [0.15, 0.2) is 59.2 Å². The van der Waals surface area contributed by atoms with E-state index in [1.165, 1.54) is 0 Å². The van der Waals surface area contributed by atoms with Crippen LogP contribution in [0.25, 0.3) is 6.08 Å². The molecule has 1 aliphatic heterocycles. The zero-order chi connectivity index (χ0) is 14.8. The minimum absolute atomic E-state index is 0.272. The highest BCUT2D eigenvalue weighted by Crippen LogP contribution is 2.20. The number of hydrogen-bond acceptors (Lipinski definition) is 3. The molecule has 0 saturated heterocycles. The van der Waals surface area contributed by atoms with Gasteiger partial charge in [0.15, 0.2) is 5.70 Å². The molecule has 0 aliphatic carbocycles. The molecule has 21 heavy (non-hydrogen) atoms. The van der Waals surface area contributed by atoms with Crippen LogP contribution in [0.5, 0.6) is 0 Å². The average molecular weight is 298 g/mol. The molecule has 1 aliphatic rings. The van der Waals surface area contributed by atoms with Crippen molar-refractivity contribution in [1.82, 2.24) is 0 Å². The van der Waals surface area contributed by atoms with Gasteiger partial charge in [-0.3, -0.25) is 0 Å². The van der Waals surface area contributed by atoms with Crippen LogP contribution in [-0.4, -0.2) is 11.9 Å². The summed E-state index contributed by atoms with van der Waals surface area (Å²) in [5, 5.41) is 0.610. The van der Waals surface area contributed by atoms with Crippen molar-refractivity contribution in [2.75, 3.05) is 0 Å². The van der Waals surface area contributed by atoms with Crippen LogP contribution in [0, 0.1) is 6.92 Å². The summed E-state index contributed by atoms with van der Waals surface area (Å²) in [5.41, 5.74) is 2.95. The van der Waals surface area contributed by atoms with E-state index in [1.807, 2.05) is 43.3 Å². The average Bonchev–Trinajstić information content (AvgIpc) is 2.80. The second-order valence-electron chi connectivity index (χ2n) is 4.76. The number of esters is 1. The summed E-state index contributed by atoms with van der Waals surface area (Å²) in [6.45, 7) is 1.98. The van der Waals surface area contributed by atoms with Crippen molar-refractivity contribution in [3.8, 4) is 0 Å². The highest BCUT2D eigenvalue weighted by Gasteiger charge is 2.24. The lowest BCUT2D eigenvalue weighted by Crippen LogP contribution is -2.05. The van der Waals surface area contributed by atoms with Crippen LogP contribution in [0.4, 0.5) is 0 Å². The Morgan fingerprint density at radius 1 is 1.14 bits per heavy atom. The standard InChI is InChI=1S/C17H12ClNO2/c1-11-4-2-6-13(8-11)16-19-15(17(20)21-16)10-12-5-3-7-14(18)9-12/h2-10H,1H3/b15-10+. The summed E-state index contributed by atoms with van der Waals surface area (Å²) in [6, 6.07) is 14.9. The summed E-state index contributed by atoms with van der Waals surface area (Å²) in [4.78, 5) is 16.2. The largest absolute Gasteiger partial charge is 0.402 e. The fraction of sp³-hybridized carbons (Fsp3) is 0.0588. The first-order chi connectivity index (χ1) is 10.1. The molecular weight excluding hydrogens is 286 g/mol. The third kappa shape index (κ3) is 3.03. The van der Waals surface area contributed by atoms with Crippen molar-refractivity contribution >= 4 is 29.5 Å². The zero-order valence-electron chi connectivity index (χ0n) is 11.3. The number of rotatable bonds is 2. The van der Waals surface area contributed by atoms with Gasteiger partial charge in [-0.15, -0.1) is 0 Å².